The Balaban J connectivity index is 2.33. The summed E-state index contributed by atoms with van der Waals surface area (Å²) in [5.41, 5.74) is 5.48. The lowest BCUT2D eigenvalue weighted by atomic mass is 10.1. The summed E-state index contributed by atoms with van der Waals surface area (Å²) < 4.78 is 2.16. The summed E-state index contributed by atoms with van der Waals surface area (Å²) in [4.78, 5) is 4.84. The van der Waals surface area contributed by atoms with Crippen LogP contribution in [0.2, 0.25) is 5.02 Å². The third-order valence-corrected chi connectivity index (χ3v) is 4.32. The standard InChI is InChI=1S/C17H13ClN2/c1-10-5-3-7-13-11(10)9-15-17(19-13)16-12(18)6-4-8-14(16)20(15)2/h3-9H,1-2H3. The van der Waals surface area contributed by atoms with E-state index in [1.165, 1.54) is 10.9 Å². The maximum Gasteiger partial charge on any atom is 0.0982 e. The SMILES string of the molecule is Cc1cccc2nc3c4c(Cl)cccc4n(C)c3cc12. The Bertz CT molecular complexity index is 983. The molecule has 0 aliphatic rings. The second-order valence-electron chi connectivity index (χ2n) is 5.19. The van der Waals surface area contributed by atoms with Crippen molar-refractivity contribution in [1.82, 2.24) is 9.55 Å². The molecule has 0 aliphatic heterocycles. The van der Waals surface area contributed by atoms with E-state index in [0.29, 0.717) is 0 Å². The first kappa shape index (κ1) is 11.7. The Morgan fingerprint density at radius 3 is 2.70 bits per heavy atom. The molecule has 0 fully saturated rings. The van der Waals surface area contributed by atoms with Gasteiger partial charge in [0.1, 0.15) is 0 Å². The fourth-order valence-electron chi connectivity index (χ4n) is 2.93. The monoisotopic (exact) mass is 280 g/mol. The van der Waals surface area contributed by atoms with Crippen molar-refractivity contribution in [3.05, 3.63) is 53.1 Å². The molecule has 98 valence electrons. The van der Waals surface area contributed by atoms with E-state index in [2.05, 4.69) is 42.8 Å². The molecule has 0 amide bonds. The molecular formula is C17H13ClN2. The molecule has 2 nitrogen and oxygen atoms in total. The molecule has 0 saturated heterocycles. The summed E-state index contributed by atoms with van der Waals surface area (Å²) in [6.45, 7) is 2.12. The Morgan fingerprint density at radius 1 is 1.05 bits per heavy atom. The highest BCUT2D eigenvalue weighted by Gasteiger charge is 2.13. The highest BCUT2D eigenvalue weighted by atomic mass is 35.5. The topological polar surface area (TPSA) is 17.8 Å². The Kier molecular flexibility index (Phi) is 2.33. The van der Waals surface area contributed by atoms with Crippen molar-refractivity contribution in [2.75, 3.05) is 0 Å². The van der Waals surface area contributed by atoms with Crippen LogP contribution >= 0.6 is 11.6 Å². The normalized spacial score (nSPS) is 11.8. The van der Waals surface area contributed by atoms with E-state index in [1.807, 2.05) is 18.2 Å². The lowest BCUT2D eigenvalue weighted by molar-refractivity contribution is 1.01. The number of rotatable bonds is 0. The number of fused-ring (bicyclic) bond motifs is 4. The molecule has 2 aromatic heterocycles. The third kappa shape index (κ3) is 1.43. The van der Waals surface area contributed by atoms with Crippen molar-refractivity contribution in [1.29, 1.82) is 0 Å². The van der Waals surface area contributed by atoms with Crippen molar-refractivity contribution in [2.24, 2.45) is 7.05 Å². The summed E-state index contributed by atoms with van der Waals surface area (Å²) in [5, 5.41) is 2.99. The third-order valence-electron chi connectivity index (χ3n) is 4.01. The molecular weight excluding hydrogens is 268 g/mol. The van der Waals surface area contributed by atoms with Crippen LogP contribution in [0.5, 0.6) is 0 Å². The van der Waals surface area contributed by atoms with Gasteiger partial charge in [0.05, 0.1) is 27.1 Å². The van der Waals surface area contributed by atoms with Crippen LogP contribution in [0.15, 0.2) is 42.5 Å². The van der Waals surface area contributed by atoms with Gasteiger partial charge in [-0.2, -0.15) is 0 Å². The molecule has 0 N–H and O–H groups in total. The number of pyridine rings is 1. The molecule has 0 unspecified atom stereocenters. The summed E-state index contributed by atoms with van der Waals surface area (Å²) in [6.07, 6.45) is 0. The minimum absolute atomic E-state index is 0.757. The molecule has 0 aliphatic carbocycles. The first-order chi connectivity index (χ1) is 9.66. The Morgan fingerprint density at radius 2 is 1.85 bits per heavy atom. The first-order valence-electron chi connectivity index (χ1n) is 6.60. The van der Waals surface area contributed by atoms with Gasteiger partial charge in [0.25, 0.3) is 0 Å². The number of hydrogen-bond acceptors (Lipinski definition) is 1. The molecule has 2 heterocycles. The summed E-state index contributed by atoms with van der Waals surface area (Å²) >= 11 is 6.38. The molecule has 4 rings (SSSR count). The fraction of sp³-hybridized carbons (Fsp3) is 0.118. The van der Waals surface area contributed by atoms with Gasteiger partial charge in [-0.1, -0.05) is 29.8 Å². The van der Waals surface area contributed by atoms with Gasteiger partial charge >= 0.3 is 0 Å². The average Bonchev–Trinajstić information content (AvgIpc) is 2.72. The summed E-state index contributed by atoms with van der Waals surface area (Å²) in [7, 11) is 2.06. The van der Waals surface area contributed by atoms with E-state index >= 15 is 0 Å². The van der Waals surface area contributed by atoms with Crippen LogP contribution in [-0.4, -0.2) is 9.55 Å². The maximum absolute atomic E-state index is 6.38. The first-order valence-corrected chi connectivity index (χ1v) is 6.97. The van der Waals surface area contributed by atoms with Crippen LogP contribution in [0.25, 0.3) is 32.8 Å². The quantitative estimate of drug-likeness (QED) is 0.450. The average molecular weight is 281 g/mol. The zero-order chi connectivity index (χ0) is 13.9. The summed E-state index contributed by atoms with van der Waals surface area (Å²) in [6, 6.07) is 14.4. The zero-order valence-corrected chi connectivity index (χ0v) is 12.1. The largest absolute Gasteiger partial charge is 0.342 e. The molecule has 0 radical (unpaired) electrons. The number of nitrogens with zero attached hydrogens (tertiary/aromatic N) is 2. The number of benzene rings is 2. The van der Waals surface area contributed by atoms with Crippen molar-refractivity contribution >= 4 is 44.4 Å². The van der Waals surface area contributed by atoms with E-state index < -0.39 is 0 Å². The van der Waals surface area contributed by atoms with Gasteiger partial charge < -0.3 is 4.57 Å². The van der Waals surface area contributed by atoms with E-state index in [0.717, 1.165) is 32.5 Å². The van der Waals surface area contributed by atoms with Gasteiger partial charge in [0.15, 0.2) is 0 Å². The zero-order valence-electron chi connectivity index (χ0n) is 11.3. The van der Waals surface area contributed by atoms with E-state index in [4.69, 9.17) is 16.6 Å². The number of hydrogen-bond donors (Lipinski definition) is 0. The van der Waals surface area contributed by atoms with E-state index in [9.17, 15) is 0 Å². The van der Waals surface area contributed by atoms with Crippen LogP contribution in [0.1, 0.15) is 5.56 Å². The number of halogens is 1. The molecule has 0 spiro atoms. The number of aryl methyl sites for hydroxylation is 2. The Labute approximate surface area is 121 Å². The number of aromatic nitrogens is 2. The van der Waals surface area contributed by atoms with Gasteiger partial charge in [-0.3, -0.25) is 0 Å². The highest BCUT2D eigenvalue weighted by Crippen LogP contribution is 2.34. The molecule has 4 aromatic rings. The van der Waals surface area contributed by atoms with Crippen LogP contribution < -0.4 is 0 Å². The smallest absolute Gasteiger partial charge is 0.0982 e. The van der Waals surface area contributed by atoms with E-state index in [1.54, 1.807) is 0 Å². The Hall–Kier alpha value is -2.06. The molecule has 0 saturated carbocycles. The lowest BCUT2D eigenvalue weighted by Gasteiger charge is -2.03. The molecule has 2 aromatic carbocycles. The van der Waals surface area contributed by atoms with Crippen LogP contribution in [0, 0.1) is 6.92 Å². The van der Waals surface area contributed by atoms with Crippen molar-refractivity contribution in [3.8, 4) is 0 Å². The second kappa shape index (κ2) is 3.97. The van der Waals surface area contributed by atoms with Gasteiger partial charge in [-0.15, -0.1) is 0 Å². The van der Waals surface area contributed by atoms with Gasteiger partial charge in [-0.25, -0.2) is 4.98 Å². The van der Waals surface area contributed by atoms with Crippen LogP contribution in [-0.2, 0) is 7.05 Å². The highest BCUT2D eigenvalue weighted by molar-refractivity contribution is 6.37. The lowest BCUT2D eigenvalue weighted by Crippen LogP contribution is -1.88. The minimum Gasteiger partial charge on any atom is -0.342 e. The second-order valence-corrected chi connectivity index (χ2v) is 5.60. The predicted molar refractivity (Wildman–Crippen MR) is 85.5 cm³/mol. The minimum atomic E-state index is 0.757. The molecule has 0 atom stereocenters. The molecule has 0 bridgehead atoms. The maximum atomic E-state index is 6.38. The van der Waals surface area contributed by atoms with Gasteiger partial charge in [-0.05, 0) is 36.8 Å². The van der Waals surface area contributed by atoms with Gasteiger partial charge in [0, 0.05) is 17.8 Å². The van der Waals surface area contributed by atoms with Crippen molar-refractivity contribution in [3.63, 3.8) is 0 Å². The van der Waals surface area contributed by atoms with Crippen molar-refractivity contribution in [2.45, 2.75) is 6.92 Å². The van der Waals surface area contributed by atoms with Crippen LogP contribution in [0.4, 0.5) is 0 Å². The van der Waals surface area contributed by atoms with Crippen LogP contribution in [0.3, 0.4) is 0 Å². The van der Waals surface area contributed by atoms with Gasteiger partial charge in [0.2, 0.25) is 0 Å². The fourth-order valence-corrected chi connectivity index (χ4v) is 3.19. The van der Waals surface area contributed by atoms with Crippen molar-refractivity contribution < 1.29 is 0 Å². The molecule has 3 heteroatoms. The summed E-state index contributed by atoms with van der Waals surface area (Å²) in [5.74, 6) is 0. The predicted octanol–water partition coefficient (Wildman–Crippen LogP) is 4.84. The molecule has 20 heavy (non-hydrogen) atoms. The van der Waals surface area contributed by atoms with E-state index in [-0.39, 0.29) is 0 Å².